The Labute approximate surface area is 92.3 Å². The monoisotopic (exact) mass is 232 g/mol. The number of nitrogens with zero attached hydrogens (tertiary/aromatic N) is 1. The van der Waals surface area contributed by atoms with Gasteiger partial charge in [-0.2, -0.15) is 0 Å². The molecule has 1 aliphatic heterocycles. The van der Waals surface area contributed by atoms with E-state index in [2.05, 4.69) is 16.8 Å². The van der Waals surface area contributed by atoms with E-state index in [1.807, 2.05) is 13.0 Å². The molecule has 1 unspecified atom stereocenters. The normalized spacial score (nSPS) is 26.3. The van der Waals surface area contributed by atoms with Gasteiger partial charge in [0.15, 0.2) is 9.84 Å². The van der Waals surface area contributed by atoms with E-state index >= 15 is 0 Å². The fraction of sp³-hybridized carbons (Fsp3) is 0.800. The van der Waals surface area contributed by atoms with Crippen LogP contribution in [0.1, 0.15) is 6.92 Å². The minimum absolute atomic E-state index is 0.147. The van der Waals surface area contributed by atoms with Crippen LogP contribution in [0.5, 0.6) is 0 Å². The van der Waals surface area contributed by atoms with Gasteiger partial charge in [0.2, 0.25) is 0 Å². The first kappa shape index (κ1) is 12.7. The zero-order valence-electron chi connectivity index (χ0n) is 9.28. The third-order valence-corrected chi connectivity index (χ3v) is 4.47. The second-order valence-electron chi connectivity index (χ2n) is 3.99. The second-order valence-corrected chi connectivity index (χ2v) is 6.22. The Morgan fingerprint density at radius 3 is 2.93 bits per heavy atom. The van der Waals surface area contributed by atoms with Gasteiger partial charge in [-0.15, -0.1) is 6.58 Å². The summed E-state index contributed by atoms with van der Waals surface area (Å²) in [5.41, 5.74) is 0. The summed E-state index contributed by atoms with van der Waals surface area (Å²) in [5, 5.41) is 3.21. The lowest BCUT2D eigenvalue weighted by Gasteiger charge is -2.32. The molecule has 0 amide bonds. The second kappa shape index (κ2) is 5.63. The first-order valence-electron chi connectivity index (χ1n) is 5.31. The number of hydrogen-bond acceptors (Lipinski definition) is 4. The third kappa shape index (κ3) is 4.32. The van der Waals surface area contributed by atoms with E-state index in [1.165, 1.54) is 0 Å². The molecule has 1 rings (SSSR count). The minimum Gasteiger partial charge on any atom is -0.312 e. The lowest BCUT2D eigenvalue weighted by atomic mass is 10.3. The first-order chi connectivity index (χ1) is 7.05. The van der Waals surface area contributed by atoms with Crippen molar-refractivity contribution in [3.63, 3.8) is 0 Å². The standard InChI is InChI=1S/C10H20N2O2S/c1-3-4-11-5-6-12-7-8-15(13,14)9-10(12)2/h3,10-11H,1,4-9H2,2H3. The quantitative estimate of drug-likeness (QED) is 0.530. The number of sulfone groups is 1. The van der Waals surface area contributed by atoms with E-state index in [-0.39, 0.29) is 6.04 Å². The zero-order valence-corrected chi connectivity index (χ0v) is 10.1. The summed E-state index contributed by atoms with van der Waals surface area (Å²) < 4.78 is 22.7. The molecule has 1 saturated heterocycles. The molecule has 1 heterocycles. The number of hydrogen-bond donors (Lipinski definition) is 1. The Bertz CT molecular complexity index is 301. The van der Waals surface area contributed by atoms with Gasteiger partial charge in [0.05, 0.1) is 11.5 Å². The Morgan fingerprint density at radius 1 is 1.60 bits per heavy atom. The molecule has 88 valence electrons. The van der Waals surface area contributed by atoms with Crippen molar-refractivity contribution in [3.8, 4) is 0 Å². The van der Waals surface area contributed by atoms with Crippen molar-refractivity contribution < 1.29 is 8.42 Å². The molecule has 0 aromatic rings. The Balaban J connectivity index is 2.29. The van der Waals surface area contributed by atoms with E-state index in [1.54, 1.807) is 0 Å². The maximum absolute atomic E-state index is 11.3. The summed E-state index contributed by atoms with van der Waals surface area (Å²) in [4.78, 5) is 2.22. The zero-order chi connectivity index (χ0) is 11.3. The van der Waals surface area contributed by atoms with Crippen LogP contribution in [0.2, 0.25) is 0 Å². The summed E-state index contributed by atoms with van der Waals surface area (Å²) in [5.74, 6) is 0.604. The smallest absolute Gasteiger partial charge is 0.153 e. The molecule has 1 aliphatic rings. The summed E-state index contributed by atoms with van der Waals surface area (Å²) in [7, 11) is -2.78. The highest BCUT2D eigenvalue weighted by atomic mass is 32.2. The van der Waals surface area contributed by atoms with Crippen molar-refractivity contribution in [2.75, 3.05) is 37.7 Å². The van der Waals surface area contributed by atoms with E-state index in [0.29, 0.717) is 18.1 Å². The van der Waals surface area contributed by atoms with Crippen LogP contribution < -0.4 is 5.32 Å². The van der Waals surface area contributed by atoms with Crippen molar-refractivity contribution in [1.82, 2.24) is 10.2 Å². The van der Waals surface area contributed by atoms with E-state index in [9.17, 15) is 8.42 Å². The molecule has 15 heavy (non-hydrogen) atoms. The summed E-state index contributed by atoms with van der Waals surface area (Å²) in [6, 6.07) is 0.147. The molecule has 1 atom stereocenters. The van der Waals surface area contributed by atoms with Crippen LogP contribution in [0.25, 0.3) is 0 Å². The summed E-state index contributed by atoms with van der Waals surface area (Å²) in [6.45, 7) is 8.86. The third-order valence-electron chi connectivity index (χ3n) is 2.67. The first-order valence-corrected chi connectivity index (χ1v) is 7.13. The van der Waals surface area contributed by atoms with Crippen LogP contribution in [-0.4, -0.2) is 57.0 Å². The molecular formula is C10H20N2O2S. The Morgan fingerprint density at radius 2 is 2.33 bits per heavy atom. The van der Waals surface area contributed by atoms with Gasteiger partial charge >= 0.3 is 0 Å². The van der Waals surface area contributed by atoms with Gasteiger partial charge in [0.1, 0.15) is 0 Å². The number of nitrogens with one attached hydrogen (secondary N) is 1. The topological polar surface area (TPSA) is 49.4 Å². The SMILES string of the molecule is C=CCNCCN1CCS(=O)(=O)CC1C. The van der Waals surface area contributed by atoms with Crippen LogP contribution in [0.15, 0.2) is 12.7 Å². The lowest BCUT2D eigenvalue weighted by molar-refractivity contribution is 0.228. The van der Waals surface area contributed by atoms with Crippen molar-refractivity contribution >= 4 is 9.84 Å². The van der Waals surface area contributed by atoms with Gasteiger partial charge in [-0.25, -0.2) is 8.42 Å². The Kier molecular flexibility index (Phi) is 4.76. The highest BCUT2D eigenvalue weighted by Crippen LogP contribution is 2.10. The van der Waals surface area contributed by atoms with Gasteiger partial charge < -0.3 is 5.32 Å². The maximum Gasteiger partial charge on any atom is 0.153 e. The van der Waals surface area contributed by atoms with Crippen LogP contribution in [0.4, 0.5) is 0 Å². The minimum atomic E-state index is -2.78. The molecule has 0 aromatic carbocycles. The van der Waals surface area contributed by atoms with Gasteiger partial charge in [0.25, 0.3) is 0 Å². The van der Waals surface area contributed by atoms with E-state index < -0.39 is 9.84 Å². The van der Waals surface area contributed by atoms with Crippen LogP contribution >= 0.6 is 0 Å². The molecule has 1 fully saturated rings. The van der Waals surface area contributed by atoms with Crippen LogP contribution in [-0.2, 0) is 9.84 Å². The predicted molar refractivity (Wildman–Crippen MR) is 62.8 cm³/mol. The predicted octanol–water partition coefficient (Wildman–Crippen LogP) is -0.119. The van der Waals surface area contributed by atoms with Crippen molar-refractivity contribution in [2.24, 2.45) is 0 Å². The molecule has 0 aromatic heterocycles. The van der Waals surface area contributed by atoms with Gasteiger partial charge in [-0.1, -0.05) is 6.08 Å². The molecule has 4 nitrogen and oxygen atoms in total. The van der Waals surface area contributed by atoms with Crippen molar-refractivity contribution in [1.29, 1.82) is 0 Å². The molecule has 1 N–H and O–H groups in total. The summed E-state index contributed by atoms with van der Waals surface area (Å²) in [6.07, 6.45) is 1.82. The van der Waals surface area contributed by atoms with Crippen molar-refractivity contribution in [3.05, 3.63) is 12.7 Å². The van der Waals surface area contributed by atoms with E-state index in [0.717, 1.165) is 19.6 Å². The lowest BCUT2D eigenvalue weighted by Crippen LogP contribution is -2.48. The molecule has 0 spiro atoms. The van der Waals surface area contributed by atoms with Gasteiger partial charge in [0, 0.05) is 32.2 Å². The van der Waals surface area contributed by atoms with Crippen LogP contribution in [0.3, 0.4) is 0 Å². The van der Waals surface area contributed by atoms with Crippen LogP contribution in [0, 0.1) is 0 Å². The highest BCUT2D eigenvalue weighted by molar-refractivity contribution is 7.91. The largest absolute Gasteiger partial charge is 0.312 e. The highest BCUT2D eigenvalue weighted by Gasteiger charge is 2.27. The Hall–Kier alpha value is -0.390. The molecule has 0 aliphatic carbocycles. The molecule has 0 bridgehead atoms. The molecule has 0 saturated carbocycles. The molecule has 5 heteroatoms. The molecule has 0 radical (unpaired) electrons. The van der Waals surface area contributed by atoms with Crippen molar-refractivity contribution in [2.45, 2.75) is 13.0 Å². The fourth-order valence-corrected chi connectivity index (χ4v) is 3.42. The number of rotatable bonds is 5. The van der Waals surface area contributed by atoms with Gasteiger partial charge in [-0.3, -0.25) is 4.90 Å². The maximum atomic E-state index is 11.3. The summed E-state index contributed by atoms with van der Waals surface area (Å²) >= 11 is 0. The van der Waals surface area contributed by atoms with Gasteiger partial charge in [-0.05, 0) is 6.92 Å². The molecular weight excluding hydrogens is 212 g/mol. The average molecular weight is 232 g/mol. The fourth-order valence-electron chi connectivity index (χ4n) is 1.79. The van der Waals surface area contributed by atoms with E-state index in [4.69, 9.17) is 0 Å². The average Bonchev–Trinajstić information content (AvgIpc) is 2.14.